The van der Waals surface area contributed by atoms with Crippen molar-refractivity contribution in [1.82, 2.24) is 4.90 Å². The molecule has 1 heterocycles. The van der Waals surface area contributed by atoms with Crippen LogP contribution in [-0.4, -0.2) is 46.9 Å². The monoisotopic (exact) mass is 265 g/mol. The molecule has 2 atom stereocenters. The minimum absolute atomic E-state index is 0.0330. The molecule has 1 aromatic carbocycles. The van der Waals surface area contributed by atoms with Gasteiger partial charge in [0.2, 0.25) is 0 Å². The average molecular weight is 265 g/mol. The van der Waals surface area contributed by atoms with E-state index in [1.807, 2.05) is 24.0 Å². The molecule has 0 aromatic heterocycles. The molecule has 1 aliphatic heterocycles. The third-order valence-corrected chi connectivity index (χ3v) is 3.52. The number of aromatic hydroxyl groups is 1. The Morgan fingerprint density at radius 2 is 2.16 bits per heavy atom. The number of ether oxygens (including phenoxy) is 1. The second kappa shape index (κ2) is 6.04. The van der Waals surface area contributed by atoms with Crippen molar-refractivity contribution < 1.29 is 19.7 Å². The van der Waals surface area contributed by atoms with Crippen molar-refractivity contribution in [3.8, 4) is 5.75 Å². The molecule has 19 heavy (non-hydrogen) atoms. The first-order valence-corrected chi connectivity index (χ1v) is 6.48. The van der Waals surface area contributed by atoms with Gasteiger partial charge >= 0.3 is 5.97 Å². The predicted octanol–water partition coefficient (Wildman–Crippen LogP) is 1.63. The second-order valence-corrected chi connectivity index (χ2v) is 4.68. The molecule has 1 saturated heterocycles. The third-order valence-electron chi connectivity index (χ3n) is 3.52. The fourth-order valence-corrected chi connectivity index (χ4v) is 2.56. The number of nitrogens with zero attached hydrogens (tertiary/aromatic N) is 1. The number of carboxylic acid groups (broad SMARTS) is 1. The van der Waals surface area contributed by atoms with Crippen LogP contribution in [0.5, 0.6) is 5.75 Å². The summed E-state index contributed by atoms with van der Waals surface area (Å²) in [6.45, 7) is 3.42. The smallest absolute Gasteiger partial charge is 0.323 e. The van der Waals surface area contributed by atoms with E-state index in [0.717, 1.165) is 12.0 Å². The zero-order chi connectivity index (χ0) is 13.8. The molecule has 104 valence electrons. The lowest BCUT2D eigenvalue weighted by molar-refractivity contribution is -0.151. The molecule has 0 aliphatic carbocycles. The van der Waals surface area contributed by atoms with Crippen LogP contribution in [0.1, 0.15) is 24.9 Å². The highest BCUT2D eigenvalue weighted by Crippen LogP contribution is 2.28. The van der Waals surface area contributed by atoms with Gasteiger partial charge in [0.25, 0.3) is 0 Å². The quantitative estimate of drug-likeness (QED) is 0.866. The Hall–Kier alpha value is -1.59. The molecule has 0 spiro atoms. The molecule has 5 heteroatoms. The van der Waals surface area contributed by atoms with Crippen molar-refractivity contribution in [2.24, 2.45) is 0 Å². The van der Waals surface area contributed by atoms with Crippen LogP contribution in [0.2, 0.25) is 0 Å². The van der Waals surface area contributed by atoms with Crippen LogP contribution >= 0.6 is 0 Å². The SMILES string of the molecule is CCC(c1ccc(O)cc1)N1CCOCC1C(=O)O. The van der Waals surface area contributed by atoms with E-state index in [-0.39, 0.29) is 18.4 Å². The van der Waals surface area contributed by atoms with Crippen molar-refractivity contribution in [1.29, 1.82) is 0 Å². The highest BCUT2D eigenvalue weighted by atomic mass is 16.5. The summed E-state index contributed by atoms with van der Waals surface area (Å²) in [5, 5.41) is 18.6. The Kier molecular flexibility index (Phi) is 4.39. The molecule has 0 amide bonds. The van der Waals surface area contributed by atoms with Crippen molar-refractivity contribution in [3.05, 3.63) is 29.8 Å². The van der Waals surface area contributed by atoms with Gasteiger partial charge in [-0.25, -0.2) is 0 Å². The molecular formula is C14H19NO4. The van der Waals surface area contributed by atoms with E-state index in [1.54, 1.807) is 12.1 Å². The Labute approximate surface area is 112 Å². The molecule has 2 rings (SSSR count). The minimum Gasteiger partial charge on any atom is -0.508 e. The van der Waals surface area contributed by atoms with Gasteiger partial charge in [0, 0.05) is 12.6 Å². The number of benzene rings is 1. The Bertz CT molecular complexity index is 432. The average Bonchev–Trinajstić information content (AvgIpc) is 2.42. The van der Waals surface area contributed by atoms with Gasteiger partial charge in [-0.2, -0.15) is 0 Å². The van der Waals surface area contributed by atoms with E-state index in [0.29, 0.717) is 13.2 Å². The number of phenolic OH excluding ortho intramolecular Hbond substituents is 1. The van der Waals surface area contributed by atoms with E-state index < -0.39 is 12.0 Å². The molecule has 1 aromatic rings. The predicted molar refractivity (Wildman–Crippen MR) is 70.1 cm³/mol. The van der Waals surface area contributed by atoms with Crippen LogP contribution in [-0.2, 0) is 9.53 Å². The summed E-state index contributed by atoms with van der Waals surface area (Å²) in [6, 6.07) is 6.39. The van der Waals surface area contributed by atoms with Gasteiger partial charge in [0.1, 0.15) is 11.8 Å². The zero-order valence-electron chi connectivity index (χ0n) is 11.0. The maximum atomic E-state index is 11.3. The summed E-state index contributed by atoms with van der Waals surface area (Å²) in [4.78, 5) is 13.3. The summed E-state index contributed by atoms with van der Waals surface area (Å²) in [5.74, 6) is -0.632. The highest BCUT2D eigenvalue weighted by molar-refractivity contribution is 5.73. The standard InChI is InChI=1S/C14H19NO4/c1-2-12(10-3-5-11(16)6-4-10)15-7-8-19-9-13(15)14(17)18/h3-6,12-13,16H,2,7-9H2,1H3,(H,17,18). The van der Waals surface area contributed by atoms with Gasteiger partial charge in [-0.05, 0) is 24.1 Å². The van der Waals surface area contributed by atoms with E-state index in [9.17, 15) is 15.0 Å². The number of carbonyl (C=O) groups is 1. The van der Waals surface area contributed by atoms with Gasteiger partial charge in [-0.3, -0.25) is 9.69 Å². The second-order valence-electron chi connectivity index (χ2n) is 4.68. The minimum atomic E-state index is -0.850. The lowest BCUT2D eigenvalue weighted by atomic mass is 10.00. The Balaban J connectivity index is 2.24. The van der Waals surface area contributed by atoms with Crippen LogP contribution < -0.4 is 0 Å². The molecule has 0 bridgehead atoms. The number of aliphatic carboxylic acids is 1. The first-order chi connectivity index (χ1) is 9.13. The number of phenols is 1. The van der Waals surface area contributed by atoms with Crippen LogP contribution in [0.4, 0.5) is 0 Å². The Morgan fingerprint density at radius 3 is 2.74 bits per heavy atom. The van der Waals surface area contributed by atoms with Gasteiger partial charge in [0.15, 0.2) is 0 Å². The van der Waals surface area contributed by atoms with E-state index in [4.69, 9.17) is 4.74 Å². The lowest BCUT2D eigenvalue weighted by Gasteiger charge is -2.38. The maximum Gasteiger partial charge on any atom is 0.323 e. The van der Waals surface area contributed by atoms with Crippen LogP contribution in [0.3, 0.4) is 0 Å². The van der Waals surface area contributed by atoms with Crippen molar-refractivity contribution >= 4 is 5.97 Å². The summed E-state index contributed by atoms with van der Waals surface area (Å²) < 4.78 is 5.26. The molecule has 2 unspecified atom stereocenters. The molecule has 0 saturated carbocycles. The van der Waals surface area contributed by atoms with Gasteiger partial charge in [-0.1, -0.05) is 19.1 Å². The Morgan fingerprint density at radius 1 is 1.47 bits per heavy atom. The van der Waals surface area contributed by atoms with Crippen molar-refractivity contribution in [2.75, 3.05) is 19.8 Å². The van der Waals surface area contributed by atoms with Crippen LogP contribution in [0, 0.1) is 0 Å². The molecule has 2 N–H and O–H groups in total. The van der Waals surface area contributed by atoms with E-state index in [1.165, 1.54) is 0 Å². The van der Waals surface area contributed by atoms with Crippen LogP contribution in [0.25, 0.3) is 0 Å². The number of hydrogen-bond donors (Lipinski definition) is 2. The molecule has 1 aliphatic rings. The van der Waals surface area contributed by atoms with E-state index >= 15 is 0 Å². The van der Waals surface area contributed by atoms with Crippen molar-refractivity contribution in [2.45, 2.75) is 25.4 Å². The maximum absolute atomic E-state index is 11.3. The largest absolute Gasteiger partial charge is 0.508 e. The molecule has 1 fully saturated rings. The zero-order valence-corrected chi connectivity index (χ0v) is 11.0. The molecule has 5 nitrogen and oxygen atoms in total. The van der Waals surface area contributed by atoms with Gasteiger partial charge in [-0.15, -0.1) is 0 Å². The molecule has 0 radical (unpaired) electrons. The first kappa shape index (κ1) is 13.8. The number of rotatable bonds is 4. The fraction of sp³-hybridized carbons (Fsp3) is 0.500. The summed E-state index contributed by atoms with van der Waals surface area (Å²) in [5.41, 5.74) is 1.02. The summed E-state index contributed by atoms with van der Waals surface area (Å²) >= 11 is 0. The third kappa shape index (κ3) is 3.05. The van der Waals surface area contributed by atoms with Crippen molar-refractivity contribution in [3.63, 3.8) is 0 Å². The topological polar surface area (TPSA) is 70.0 Å². The highest BCUT2D eigenvalue weighted by Gasteiger charge is 2.34. The van der Waals surface area contributed by atoms with Gasteiger partial charge in [0.05, 0.1) is 13.2 Å². The number of carboxylic acids is 1. The fourth-order valence-electron chi connectivity index (χ4n) is 2.56. The normalized spacial score (nSPS) is 22.1. The van der Waals surface area contributed by atoms with E-state index in [2.05, 4.69) is 0 Å². The first-order valence-electron chi connectivity index (χ1n) is 6.48. The molecular weight excluding hydrogens is 246 g/mol. The summed E-state index contributed by atoms with van der Waals surface area (Å²) in [7, 11) is 0. The van der Waals surface area contributed by atoms with Gasteiger partial charge < -0.3 is 14.9 Å². The number of hydrogen-bond acceptors (Lipinski definition) is 4. The summed E-state index contributed by atoms with van der Waals surface area (Å²) in [6.07, 6.45) is 0.814. The lowest BCUT2D eigenvalue weighted by Crippen LogP contribution is -2.51. The number of morpholine rings is 1. The van der Waals surface area contributed by atoms with Crippen LogP contribution in [0.15, 0.2) is 24.3 Å².